The summed E-state index contributed by atoms with van der Waals surface area (Å²) in [5, 5.41) is 18.3. The minimum absolute atomic E-state index is 0.187. The molecule has 0 aromatic rings. The van der Waals surface area contributed by atoms with Gasteiger partial charge in [0, 0.05) is 6.08 Å². The molecule has 2 heterocycles. The zero-order valence-electron chi connectivity index (χ0n) is 9.11. The Bertz CT molecular complexity index is 350. The molecule has 6 nitrogen and oxygen atoms in total. The van der Waals surface area contributed by atoms with Crippen molar-refractivity contribution >= 4 is 5.97 Å². The third-order valence-electron chi connectivity index (χ3n) is 2.66. The van der Waals surface area contributed by atoms with Crippen LogP contribution in [0.2, 0.25) is 0 Å². The fourth-order valence-corrected chi connectivity index (χ4v) is 1.90. The van der Waals surface area contributed by atoms with E-state index in [1.54, 1.807) is 0 Å². The lowest BCUT2D eigenvalue weighted by Gasteiger charge is -2.15. The topological polar surface area (TPSA) is 85.2 Å². The summed E-state index contributed by atoms with van der Waals surface area (Å²) in [6.07, 6.45) is 0.170. The summed E-state index contributed by atoms with van der Waals surface area (Å²) in [5.74, 6) is -0.838. The molecule has 2 aliphatic heterocycles. The van der Waals surface area contributed by atoms with Crippen molar-refractivity contribution in [2.24, 2.45) is 0 Å². The van der Waals surface area contributed by atoms with Gasteiger partial charge in [0.25, 0.3) is 0 Å². The van der Waals surface area contributed by atoms with Crippen molar-refractivity contribution in [1.29, 1.82) is 0 Å². The van der Waals surface area contributed by atoms with Crippen LogP contribution in [0.1, 0.15) is 0 Å². The van der Waals surface area contributed by atoms with E-state index in [4.69, 9.17) is 19.3 Å². The Labute approximate surface area is 98.1 Å². The lowest BCUT2D eigenvalue weighted by Crippen LogP contribution is -2.33. The van der Waals surface area contributed by atoms with E-state index in [0.717, 1.165) is 12.2 Å². The zero-order valence-corrected chi connectivity index (χ0v) is 9.11. The molecule has 2 aliphatic rings. The predicted octanol–water partition coefficient (Wildman–Crippen LogP) is -0.315. The first kappa shape index (κ1) is 12.1. The fourth-order valence-electron chi connectivity index (χ4n) is 1.90. The van der Waals surface area contributed by atoms with Gasteiger partial charge in [-0.25, -0.2) is 4.79 Å². The number of allylic oxidation sites excluding steroid dienone is 1. The van der Waals surface area contributed by atoms with Crippen molar-refractivity contribution < 1.29 is 29.2 Å². The van der Waals surface area contributed by atoms with E-state index >= 15 is 0 Å². The Morgan fingerprint density at radius 1 is 1.29 bits per heavy atom. The number of aliphatic hydroxyl groups excluding tert-OH is 2. The molecule has 0 amide bonds. The maximum atomic E-state index is 11.3. The zero-order chi connectivity index (χ0) is 12.4. The molecule has 2 N–H and O–H groups in total. The smallest absolute Gasteiger partial charge is 0.331 e. The largest absolute Gasteiger partial charge is 0.509 e. The van der Waals surface area contributed by atoms with E-state index < -0.39 is 30.4 Å². The molecule has 0 aromatic heterocycles. The van der Waals surface area contributed by atoms with Gasteiger partial charge in [-0.1, -0.05) is 6.58 Å². The molecule has 94 valence electrons. The first-order chi connectivity index (χ1) is 8.08. The first-order valence-electron chi connectivity index (χ1n) is 5.26. The highest BCUT2D eigenvalue weighted by molar-refractivity contribution is 5.82. The van der Waals surface area contributed by atoms with E-state index in [2.05, 4.69) is 6.58 Å². The van der Waals surface area contributed by atoms with Crippen LogP contribution in [0.5, 0.6) is 0 Å². The highest BCUT2D eigenvalue weighted by Crippen LogP contribution is 2.28. The number of rotatable bonds is 3. The Hall–Kier alpha value is -1.37. The minimum Gasteiger partial charge on any atom is -0.509 e. The summed E-state index contributed by atoms with van der Waals surface area (Å²) in [5.41, 5.74) is 0. The molecule has 0 aromatic carbocycles. The summed E-state index contributed by atoms with van der Waals surface area (Å²) in [4.78, 5) is 11.3. The maximum absolute atomic E-state index is 11.3. The van der Waals surface area contributed by atoms with Gasteiger partial charge in [-0.3, -0.25) is 0 Å². The van der Waals surface area contributed by atoms with Crippen molar-refractivity contribution in [2.75, 3.05) is 13.2 Å². The average Bonchev–Trinajstić information content (AvgIpc) is 2.81. The van der Waals surface area contributed by atoms with Gasteiger partial charge in [0.1, 0.15) is 24.1 Å². The predicted molar refractivity (Wildman–Crippen MR) is 56.3 cm³/mol. The summed E-state index contributed by atoms with van der Waals surface area (Å²) in [7, 11) is 0. The number of carbonyl (C=O) groups excluding carboxylic acids is 1. The second-order valence-electron chi connectivity index (χ2n) is 3.96. The average molecular weight is 242 g/mol. The van der Waals surface area contributed by atoms with E-state index in [-0.39, 0.29) is 19.0 Å². The molecule has 0 aliphatic carbocycles. The quantitative estimate of drug-likeness (QED) is 0.305. The number of hydrogen-bond acceptors (Lipinski definition) is 6. The van der Waals surface area contributed by atoms with Crippen molar-refractivity contribution in [1.82, 2.24) is 0 Å². The molecule has 0 unspecified atom stereocenters. The normalized spacial score (nSPS) is 36.1. The number of esters is 1. The van der Waals surface area contributed by atoms with Gasteiger partial charge in [0.2, 0.25) is 0 Å². The molecule has 2 rings (SSSR count). The highest BCUT2D eigenvalue weighted by Gasteiger charge is 2.48. The van der Waals surface area contributed by atoms with Crippen LogP contribution in [0.4, 0.5) is 0 Å². The van der Waals surface area contributed by atoms with Crippen LogP contribution in [0.15, 0.2) is 24.5 Å². The third-order valence-corrected chi connectivity index (χ3v) is 2.66. The maximum Gasteiger partial charge on any atom is 0.331 e. The molecular weight excluding hydrogens is 228 g/mol. The summed E-state index contributed by atoms with van der Waals surface area (Å²) in [6.45, 7) is 3.59. The van der Waals surface area contributed by atoms with E-state index in [1.807, 2.05) is 0 Å². The molecule has 17 heavy (non-hydrogen) atoms. The van der Waals surface area contributed by atoms with Crippen LogP contribution < -0.4 is 0 Å². The number of carbonyl (C=O) groups is 1. The van der Waals surface area contributed by atoms with E-state index in [9.17, 15) is 9.90 Å². The Morgan fingerprint density at radius 3 is 2.71 bits per heavy atom. The summed E-state index contributed by atoms with van der Waals surface area (Å²) < 4.78 is 15.7. The molecule has 0 radical (unpaired) electrons. The third kappa shape index (κ3) is 2.66. The second kappa shape index (κ2) is 4.87. The Kier molecular flexibility index (Phi) is 3.46. The van der Waals surface area contributed by atoms with Crippen LogP contribution in [0, 0.1) is 0 Å². The van der Waals surface area contributed by atoms with Gasteiger partial charge in [0.15, 0.2) is 6.10 Å². The fraction of sp³-hybridized carbons (Fsp3) is 0.545. The van der Waals surface area contributed by atoms with Gasteiger partial charge < -0.3 is 24.4 Å². The van der Waals surface area contributed by atoms with Crippen LogP contribution in [0.25, 0.3) is 0 Å². The van der Waals surface area contributed by atoms with Crippen molar-refractivity contribution in [3.8, 4) is 0 Å². The standard InChI is InChI=1S/C11H14O6/c1-6(12)2-3-9(14)17-8-5-16-10-7(13)4-15-11(8)10/h2-3,7-8,10-13H,1,4-5H2/t7-,8-,10-,11-/m1/s1. The van der Waals surface area contributed by atoms with Crippen LogP contribution in [-0.4, -0.2) is 53.8 Å². The monoisotopic (exact) mass is 242 g/mol. The Morgan fingerprint density at radius 2 is 2.00 bits per heavy atom. The van der Waals surface area contributed by atoms with Crippen LogP contribution in [0.3, 0.4) is 0 Å². The molecule has 2 saturated heterocycles. The van der Waals surface area contributed by atoms with Gasteiger partial charge in [-0.05, 0) is 6.08 Å². The lowest BCUT2D eigenvalue weighted by atomic mass is 10.1. The molecular formula is C11H14O6. The molecule has 2 fully saturated rings. The number of ether oxygens (including phenoxy) is 3. The Balaban J connectivity index is 1.88. The summed E-state index contributed by atoms with van der Waals surface area (Å²) >= 11 is 0. The van der Waals surface area contributed by atoms with E-state index in [0.29, 0.717) is 0 Å². The van der Waals surface area contributed by atoms with Gasteiger partial charge in [0.05, 0.1) is 13.2 Å². The SMILES string of the molecule is C=C(O)C=CC(=O)O[C@@H]1CO[C@H]2[C@@H]1OC[C@H]2O. The van der Waals surface area contributed by atoms with Crippen molar-refractivity contribution in [2.45, 2.75) is 24.4 Å². The van der Waals surface area contributed by atoms with Crippen LogP contribution in [-0.2, 0) is 19.0 Å². The number of aliphatic hydroxyl groups is 2. The molecule has 0 spiro atoms. The van der Waals surface area contributed by atoms with Gasteiger partial charge >= 0.3 is 5.97 Å². The number of hydrogen-bond donors (Lipinski definition) is 2. The molecule has 4 atom stereocenters. The van der Waals surface area contributed by atoms with Gasteiger partial charge in [-0.15, -0.1) is 0 Å². The number of fused-ring (bicyclic) bond motifs is 1. The van der Waals surface area contributed by atoms with Gasteiger partial charge in [-0.2, -0.15) is 0 Å². The molecule has 6 heteroatoms. The summed E-state index contributed by atoms with van der Waals surface area (Å²) in [6, 6.07) is 0. The van der Waals surface area contributed by atoms with Crippen LogP contribution >= 0.6 is 0 Å². The van der Waals surface area contributed by atoms with Crippen molar-refractivity contribution in [3.05, 3.63) is 24.5 Å². The minimum atomic E-state index is -0.670. The highest BCUT2D eigenvalue weighted by atomic mass is 16.6. The van der Waals surface area contributed by atoms with Crippen molar-refractivity contribution in [3.63, 3.8) is 0 Å². The molecule has 0 bridgehead atoms. The van der Waals surface area contributed by atoms with E-state index in [1.165, 1.54) is 0 Å². The first-order valence-corrected chi connectivity index (χ1v) is 5.26. The lowest BCUT2D eigenvalue weighted by molar-refractivity contribution is -0.147. The molecule has 0 saturated carbocycles. The second-order valence-corrected chi connectivity index (χ2v) is 3.96.